The maximum Gasteiger partial charge on any atom is 0.0856 e. The largest absolute Gasteiger partial charge is 0.151 e. The van der Waals surface area contributed by atoms with Crippen molar-refractivity contribution in [1.82, 2.24) is 0 Å². The van der Waals surface area contributed by atoms with Crippen LogP contribution in [0.5, 0.6) is 0 Å². The van der Waals surface area contributed by atoms with Gasteiger partial charge in [0.2, 0.25) is 0 Å². The molecule has 0 aromatic heterocycles. The second-order valence-electron chi connectivity index (χ2n) is 18.3. The molecule has 0 saturated carbocycles. The van der Waals surface area contributed by atoms with Gasteiger partial charge in [0, 0.05) is 45.5 Å². The monoisotopic (exact) mass is 674 g/mol. The van der Waals surface area contributed by atoms with Crippen LogP contribution < -0.4 is 10.4 Å². The molecule has 0 unspecified atom stereocenters. The Labute approximate surface area is 255 Å². The maximum atomic E-state index is 4.74. The third-order valence-corrected chi connectivity index (χ3v) is 152. The number of nitrogens with zero attached hydrogens (tertiary/aromatic N) is 2. The molecule has 0 bridgehead atoms. The van der Waals surface area contributed by atoms with Gasteiger partial charge in [0.05, 0.1) is 24.6 Å². The summed E-state index contributed by atoms with van der Waals surface area (Å²) in [4.78, 5) is 0. The average Bonchev–Trinajstić information content (AvgIpc) is 2.68. The maximum absolute atomic E-state index is 4.74. The molecule has 2 nitrogen and oxygen atoms in total. The zero-order valence-electron chi connectivity index (χ0n) is 29.5. The Hall–Kier alpha value is -0.225. The lowest BCUT2D eigenvalue weighted by Crippen LogP contribution is -2.88. The fourth-order valence-electron chi connectivity index (χ4n) is 11.0. The summed E-state index contributed by atoms with van der Waals surface area (Å²) in [7, 11) is -8.27. The SMILES string of the molecule is C[Si](C)(C)[Si](c1ccc(N=Nc2ccc([Si]([Si](C)(C)C)([Si](C)(C)C)[Si](C)(C)C)cc2)cc1)([Si](C)(C)C)[Si](C)(C)C. The Morgan fingerprint density at radius 1 is 0.300 bits per heavy atom. The molecule has 0 saturated heterocycles. The van der Waals surface area contributed by atoms with Crippen LogP contribution in [0, 0.1) is 0 Å². The van der Waals surface area contributed by atoms with Crippen molar-refractivity contribution in [2.24, 2.45) is 10.2 Å². The standard InChI is InChI=1S/C30H62N2Si8/c1-33(2,3)39(34(4,5)6,35(7,8)9)29-23-19-27(20-24-29)31-32-28-21-25-30(26-22-28)40(36(10,11)12,37(13,14)15)38(16,17)18/h19-26H,1-18H3. The van der Waals surface area contributed by atoms with Gasteiger partial charge in [-0.25, -0.2) is 0 Å². The van der Waals surface area contributed by atoms with E-state index in [9.17, 15) is 0 Å². The Morgan fingerprint density at radius 2 is 0.475 bits per heavy atom. The summed E-state index contributed by atoms with van der Waals surface area (Å²) in [5.74, 6) is 0. The van der Waals surface area contributed by atoms with E-state index < -0.39 is 58.8 Å². The van der Waals surface area contributed by atoms with Crippen LogP contribution in [-0.2, 0) is 0 Å². The normalized spacial score (nSPS) is 15.2. The van der Waals surface area contributed by atoms with Crippen molar-refractivity contribution in [2.45, 2.75) is 118 Å². The van der Waals surface area contributed by atoms with E-state index in [0.717, 1.165) is 11.4 Å². The first-order chi connectivity index (χ1) is 17.7. The molecule has 0 aliphatic carbocycles. The van der Waals surface area contributed by atoms with E-state index in [1.54, 1.807) is 10.4 Å². The minimum atomic E-state index is -1.60. The quantitative estimate of drug-likeness (QED) is 0.177. The Morgan fingerprint density at radius 3 is 0.625 bits per heavy atom. The fraction of sp³-hybridized carbons (Fsp3) is 0.600. The summed E-state index contributed by atoms with van der Waals surface area (Å²) < 4.78 is 0. The number of benzene rings is 2. The molecule has 0 heterocycles. The molecule has 0 fully saturated rings. The Balaban J connectivity index is 2.52. The van der Waals surface area contributed by atoms with Crippen LogP contribution in [0.3, 0.4) is 0 Å². The van der Waals surface area contributed by atoms with Crippen molar-refractivity contribution >= 4 is 80.5 Å². The first kappa shape index (κ1) is 36.0. The summed E-state index contributed by atoms with van der Waals surface area (Å²) >= 11 is 0. The minimum absolute atomic E-state index is 0.979. The van der Waals surface area contributed by atoms with E-state index in [1.807, 2.05) is 0 Å². The molecule has 224 valence electrons. The predicted molar refractivity (Wildman–Crippen MR) is 208 cm³/mol. The van der Waals surface area contributed by atoms with Crippen LogP contribution in [0.2, 0.25) is 118 Å². The van der Waals surface area contributed by atoms with Crippen molar-refractivity contribution in [2.75, 3.05) is 0 Å². The van der Waals surface area contributed by atoms with E-state index in [0.29, 0.717) is 0 Å². The Kier molecular flexibility index (Phi) is 10.2. The van der Waals surface area contributed by atoms with Gasteiger partial charge in [-0.1, -0.05) is 152 Å². The molecule has 2 aromatic rings. The van der Waals surface area contributed by atoms with Crippen LogP contribution in [0.1, 0.15) is 0 Å². The molecule has 40 heavy (non-hydrogen) atoms. The van der Waals surface area contributed by atoms with Crippen LogP contribution >= 0.6 is 0 Å². The predicted octanol–water partition coefficient (Wildman–Crippen LogP) is 9.91. The lowest BCUT2D eigenvalue weighted by Gasteiger charge is -2.57. The first-order valence-corrected chi connectivity index (χ1v) is 46.3. The molecular formula is C30H62N2Si8. The summed E-state index contributed by atoms with van der Waals surface area (Å²) in [5, 5.41) is 12.9. The molecule has 2 aromatic carbocycles. The van der Waals surface area contributed by atoms with E-state index >= 15 is 0 Å². The van der Waals surface area contributed by atoms with E-state index in [4.69, 9.17) is 10.2 Å². The second kappa shape index (κ2) is 11.4. The number of hydrogen-bond acceptors (Lipinski definition) is 2. The molecule has 0 aliphatic rings. The third kappa shape index (κ3) is 6.20. The molecule has 0 N–H and O–H groups in total. The van der Waals surface area contributed by atoms with Crippen molar-refractivity contribution in [1.29, 1.82) is 0 Å². The minimum Gasteiger partial charge on any atom is -0.151 e. The van der Waals surface area contributed by atoms with Crippen molar-refractivity contribution in [3.05, 3.63) is 48.5 Å². The summed E-state index contributed by atoms with van der Waals surface area (Å²) in [6, 6.07) is 18.9. The number of hydrogen-bond donors (Lipinski definition) is 0. The average molecular weight is 676 g/mol. The topological polar surface area (TPSA) is 24.7 Å². The van der Waals surface area contributed by atoms with Crippen LogP contribution in [0.25, 0.3) is 0 Å². The van der Waals surface area contributed by atoms with Crippen LogP contribution in [0.15, 0.2) is 58.8 Å². The number of rotatable bonds is 10. The molecule has 0 radical (unpaired) electrons. The lowest BCUT2D eigenvalue weighted by molar-refractivity contribution is 1.23. The van der Waals surface area contributed by atoms with Crippen LogP contribution in [-0.4, -0.2) is 58.8 Å². The fourth-order valence-corrected chi connectivity index (χ4v) is 212. The summed E-state index contributed by atoms with van der Waals surface area (Å²) in [5.41, 5.74) is 1.96. The van der Waals surface area contributed by atoms with Crippen LogP contribution in [0.4, 0.5) is 11.4 Å². The van der Waals surface area contributed by atoms with Crippen molar-refractivity contribution < 1.29 is 0 Å². The smallest absolute Gasteiger partial charge is 0.0856 e. The first-order valence-electron chi connectivity index (χ1n) is 15.3. The third-order valence-electron chi connectivity index (χ3n) is 9.63. The van der Waals surface area contributed by atoms with Gasteiger partial charge in [-0.2, -0.15) is 10.2 Å². The molecule has 0 amide bonds. The van der Waals surface area contributed by atoms with Gasteiger partial charge in [0.25, 0.3) is 0 Å². The molecule has 0 spiro atoms. The highest BCUT2D eigenvalue weighted by atomic mass is 29.9. The zero-order valence-corrected chi connectivity index (χ0v) is 37.5. The van der Waals surface area contributed by atoms with Gasteiger partial charge in [-0.3, -0.25) is 0 Å². The van der Waals surface area contributed by atoms with Gasteiger partial charge in [-0.05, 0) is 24.3 Å². The molecule has 0 aliphatic heterocycles. The second-order valence-corrected chi connectivity index (χ2v) is 98.9. The molecule has 0 atom stereocenters. The van der Waals surface area contributed by atoms with Gasteiger partial charge in [0.15, 0.2) is 0 Å². The van der Waals surface area contributed by atoms with Crippen molar-refractivity contribution in [3.8, 4) is 0 Å². The van der Waals surface area contributed by atoms with Gasteiger partial charge in [0.1, 0.15) is 0 Å². The van der Waals surface area contributed by atoms with Gasteiger partial charge in [-0.15, -0.1) is 0 Å². The van der Waals surface area contributed by atoms with Crippen molar-refractivity contribution in [3.63, 3.8) is 0 Å². The summed E-state index contributed by atoms with van der Waals surface area (Å²) in [6.07, 6.45) is 0. The lowest BCUT2D eigenvalue weighted by atomic mass is 10.3. The van der Waals surface area contributed by atoms with E-state index in [-0.39, 0.29) is 0 Å². The molecule has 2 rings (SSSR count). The van der Waals surface area contributed by atoms with E-state index in [1.165, 1.54) is 0 Å². The number of azo groups is 1. The molecule has 10 heteroatoms. The van der Waals surface area contributed by atoms with Gasteiger partial charge < -0.3 is 0 Å². The Bertz CT molecular complexity index is 1010. The zero-order chi connectivity index (χ0) is 31.4. The van der Waals surface area contributed by atoms with E-state index in [2.05, 4.69) is 166 Å². The van der Waals surface area contributed by atoms with Gasteiger partial charge >= 0.3 is 0 Å². The highest BCUT2D eigenvalue weighted by Gasteiger charge is 2.63. The summed E-state index contributed by atoms with van der Waals surface area (Å²) in [6.45, 7) is 44.7. The highest BCUT2D eigenvalue weighted by molar-refractivity contribution is 7.93. The molecular weight excluding hydrogens is 613 g/mol. The highest BCUT2D eigenvalue weighted by Crippen LogP contribution is 2.38.